The summed E-state index contributed by atoms with van der Waals surface area (Å²) in [5.41, 5.74) is 1.30. The Hall–Kier alpha value is -0.710. The van der Waals surface area contributed by atoms with Gasteiger partial charge in [-0.2, -0.15) is 11.8 Å². The molecule has 1 N–H and O–H groups in total. The van der Waals surface area contributed by atoms with Crippen molar-refractivity contribution in [2.24, 2.45) is 0 Å². The highest BCUT2D eigenvalue weighted by molar-refractivity contribution is 7.99. The molecule has 1 rings (SSSR count). The van der Waals surface area contributed by atoms with Crippen LogP contribution in [0.25, 0.3) is 0 Å². The Kier molecular flexibility index (Phi) is 7.89. The molecule has 3 nitrogen and oxygen atoms in total. The van der Waals surface area contributed by atoms with Crippen LogP contribution in [0.3, 0.4) is 0 Å². The van der Waals surface area contributed by atoms with Gasteiger partial charge in [0.1, 0.15) is 5.75 Å². The average Bonchev–Trinajstić information content (AvgIpc) is 2.41. The van der Waals surface area contributed by atoms with E-state index in [0.29, 0.717) is 12.6 Å². The maximum atomic E-state index is 5.45. The van der Waals surface area contributed by atoms with Crippen LogP contribution in [0.15, 0.2) is 24.3 Å². The van der Waals surface area contributed by atoms with Gasteiger partial charge in [0.25, 0.3) is 0 Å². The lowest BCUT2D eigenvalue weighted by Gasteiger charge is -2.16. The minimum Gasteiger partial charge on any atom is -0.494 e. The fraction of sp³-hybridized carbons (Fsp3) is 0.571. The second-order valence-electron chi connectivity index (χ2n) is 3.91. The zero-order valence-electron chi connectivity index (χ0n) is 11.4. The zero-order valence-corrected chi connectivity index (χ0v) is 12.3. The monoisotopic (exact) mass is 269 g/mol. The molecule has 0 bridgehead atoms. The van der Waals surface area contributed by atoms with Crippen LogP contribution in [0.1, 0.15) is 18.5 Å². The van der Waals surface area contributed by atoms with Gasteiger partial charge in [-0.3, -0.25) is 0 Å². The summed E-state index contributed by atoms with van der Waals surface area (Å²) in [6, 6.07) is 8.69. The molecule has 4 heteroatoms. The zero-order chi connectivity index (χ0) is 13.2. The molecule has 1 unspecified atom stereocenters. The first-order valence-corrected chi connectivity index (χ1v) is 7.44. The predicted molar refractivity (Wildman–Crippen MR) is 78.6 cm³/mol. The Bertz CT molecular complexity index is 316. The Morgan fingerprint density at radius 2 is 2.00 bits per heavy atom. The molecule has 0 aliphatic rings. The molecule has 0 aromatic heterocycles. The molecule has 1 aromatic carbocycles. The van der Waals surface area contributed by atoms with E-state index in [0.717, 1.165) is 23.9 Å². The highest BCUT2D eigenvalue weighted by atomic mass is 32.2. The van der Waals surface area contributed by atoms with Gasteiger partial charge in [0.05, 0.1) is 13.2 Å². The van der Waals surface area contributed by atoms with Gasteiger partial charge < -0.3 is 14.8 Å². The first-order valence-electron chi connectivity index (χ1n) is 6.28. The van der Waals surface area contributed by atoms with Crippen molar-refractivity contribution in [3.05, 3.63) is 29.8 Å². The highest BCUT2D eigenvalue weighted by Gasteiger charge is 2.09. The number of hydrogen-bond acceptors (Lipinski definition) is 4. The third-order valence-electron chi connectivity index (χ3n) is 2.66. The number of methoxy groups -OCH3 is 1. The van der Waals surface area contributed by atoms with Crippen LogP contribution in [0, 0.1) is 0 Å². The molecular formula is C14H23NO2S. The topological polar surface area (TPSA) is 30.5 Å². The second-order valence-corrected chi connectivity index (χ2v) is 5.06. The van der Waals surface area contributed by atoms with Gasteiger partial charge in [0.2, 0.25) is 0 Å². The van der Waals surface area contributed by atoms with E-state index >= 15 is 0 Å². The highest BCUT2D eigenvalue weighted by Crippen LogP contribution is 2.21. The van der Waals surface area contributed by atoms with Gasteiger partial charge in [-0.05, 0) is 31.7 Å². The van der Waals surface area contributed by atoms with E-state index in [1.165, 1.54) is 5.56 Å². The summed E-state index contributed by atoms with van der Waals surface area (Å²) < 4.78 is 10.5. The molecule has 1 aromatic rings. The fourth-order valence-corrected chi connectivity index (χ4v) is 2.70. The molecule has 0 heterocycles. The summed E-state index contributed by atoms with van der Waals surface area (Å²) >= 11 is 1.90. The van der Waals surface area contributed by atoms with E-state index in [4.69, 9.17) is 9.47 Å². The number of ether oxygens (including phenoxy) is 2. The lowest BCUT2D eigenvalue weighted by molar-refractivity contribution is 0.218. The molecule has 1 atom stereocenters. The summed E-state index contributed by atoms with van der Waals surface area (Å²) in [5.74, 6) is 3.02. The van der Waals surface area contributed by atoms with E-state index in [2.05, 4.69) is 17.4 Å². The first kappa shape index (κ1) is 15.3. The Morgan fingerprint density at radius 1 is 1.28 bits per heavy atom. The van der Waals surface area contributed by atoms with Crippen molar-refractivity contribution in [1.82, 2.24) is 5.32 Å². The third-order valence-corrected chi connectivity index (χ3v) is 3.68. The Labute approximate surface area is 114 Å². The molecule has 18 heavy (non-hydrogen) atoms. The van der Waals surface area contributed by atoms with Gasteiger partial charge in [0, 0.05) is 24.7 Å². The molecule has 0 amide bonds. The predicted octanol–water partition coefficient (Wildman–Crippen LogP) is 2.73. The van der Waals surface area contributed by atoms with Crippen LogP contribution in [0.2, 0.25) is 0 Å². The smallest absolute Gasteiger partial charge is 0.119 e. The average molecular weight is 269 g/mol. The van der Waals surface area contributed by atoms with Crippen molar-refractivity contribution >= 4 is 11.8 Å². The van der Waals surface area contributed by atoms with Crippen LogP contribution in [0.5, 0.6) is 5.75 Å². The molecule has 0 saturated carbocycles. The summed E-state index contributed by atoms with van der Waals surface area (Å²) in [7, 11) is 3.74. The number of hydrogen-bond donors (Lipinski definition) is 1. The third kappa shape index (κ3) is 5.29. The van der Waals surface area contributed by atoms with Crippen LogP contribution in [-0.2, 0) is 4.74 Å². The number of rotatable bonds is 9. The van der Waals surface area contributed by atoms with Crippen molar-refractivity contribution in [3.8, 4) is 5.75 Å². The molecule has 102 valence electrons. The lowest BCUT2D eigenvalue weighted by Crippen LogP contribution is -2.19. The van der Waals surface area contributed by atoms with Crippen LogP contribution >= 0.6 is 11.8 Å². The summed E-state index contributed by atoms with van der Waals surface area (Å²) in [6.45, 7) is 3.52. The fourth-order valence-electron chi connectivity index (χ4n) is 1.65. The SMILES string of the molecule is CCOc1ccc(C(CSCCOC)NC)cc1. The van der Waals surface area contributed by atoms with Crippen LogP contribution < -0.4 is 10.1 Å². The molecule has 0 aliphatic carbocycles. The van der Waals surface area contributed by atoms with Crippen molar-refractivity contribution in [3.63, 3.8) is 0 Å². The van der Waals surface area contributed by atoms with Crippen molar-refractivity contribution in [2.45, 2.75) is 13.0 Å². The largest absolute Gasteiger partial charge is 0.494 e. The van der Waals surface area contributed by atoms with Gasteiger partial charge in [-0.1, -0.05) is 12.1 Å². The maximum absolute atomic E-state index is 5.45. The summed E-state index contributed by atoms with van der Waals surface area (Å²) in [5, 5.41) is 3.34. The van der Waals surface area contributed by atoms with E-state index in [1.807, 2.05) is 37.9 Å². The molecule has 0 fully saturated rings. The minimum absolute atomic E-state index is 0.377. The maximum Gasteiger partial charge on any atom is 0.119 e. The quantitative estimate of drug-likeness (QED) is 0.698. The summed E-state index contributed by atoms with van der Waals surface area (Å²) in [6.07, 6.45) is 0. The number of thioether (sulfide) groups is 1. The number of nitrogens with one attached hydrogen (secondary N) is 1. The van der Waals surface area contributed by atoms with E-state index < -0.39 is 0 Å². The molecular weight excluding hydrogens is 246 g/mol. The minimum atomic E-state index is 0.377. The Balaban J connectivity index is 2.48. The van der Waals surface area contributed by atoms with Gasteiger partial charge in [-0.15, -0.1) is 0 Å². The molecule has 0 aliphatic heterocycles. The Morgan fingerprint density at radius 3 is 2.56 bits per heavy atom. The molecule has 0 saturated heterocycles. The van der Waals surface area contributed by atoms with Gasteiger partial charge in [0.15, 0.2) is 0 Å². The first-order chi connectivity index (χ1) is 8.81. The van der Waals surface area contributed by atoms with E-state index in [9.17, 15) is 0 Å². The van der Waals surface area contributed by atoms with Crippen LogP contribution in [-0.4, -0.2) is 38.9 Å². The molecule has 0 spiro atoms. The van der Waals surface area contributed by atoms with Crippen LogP contribution in [0.4, 0.5) is 0 Å². The van der Waals surface area contributed by atoms with Crippen molar-refractivity contribution in [1.29, 1.82) is 0 Å². The molecule has 0 radical (unpaired) electrons. The van der Waals surface area contributed by atoms with Crippen molar-refractivity contribution in [2.75, 3.05) is 38.9 Å². The number of benzene rings is 1. The van der Waals surface area contributed by atoms with E-state index in [1.54, 1.807) is 7.11 Å². The van der Waals surface area contributed by atoms with E-state index in [-0.39, 0.29) is 0 Å². The normalized spacial score (nSPS) is 12.4. The van der Waals surface area contributed by atoms with Crippen molar-refractivity contribution < 1.29 is 9.47 Å². The van der Waals surface area contributed by atoms with Gasteiger partial charge in [-0.25, -0.2) is 0 Å². The lowest BCUT2D eigenvalue weighted by atomic mass is 10.1. The second kappa shape index (κ2) is 9.25. The standard InChI is InChI=1S/C14H23NO2S/c1-4-17-13-7-5-12(6-8-13)14(15-2)11-18-10-9-16-3/h5-8,14-15H,4,9-11H2,1-3H3. The van der Waals surface area contributed by atoms with Gasteiger partial charge >= 0.3 is 0 Å². The summed E-state index contributed by atoms with van der Waals surface area (Å²) in [4.78, 5) is 0.